The molecule has 0 spiro atoms. The summed E-state index contributed by atoms with van der Waals surface area (Å²) in [7, 11) is 0. The van der Waals surface area contributed by atoms with Crippen molar-refractivity contribution in [3.05, 3.63) is 17.3 Å². The number of anilines is 1. The van der Waals surface area contributed by atoms with Crippen LogP contribution >= 0.6 is 0 Å². The van der Waals surface area contributed by atoms with Gasteiger partial charge < -0.3 is 5.32 Å². The van der Waals surface area contributed by atoms with Crippen molar-refractivity contribution in [3.63, 3.8) is 0 Å². The predicted octanol–water partition coefficient (Wildman–Crippen LogP) is 3.35. The topological polar surface area (TPSA) is 54.9 Å². The van der Waals surface area contributed by atoms with E-state index in [9.17, 15) is 4.79 Å². The molecule has 0 saturated carbocycles. The molecule has 17 heavy (non-hydrogen) atoms. The molecule has 0 saturated heterocycles. The SMILES string of the molecule is CC.Cc1cc(C)c(NC(=O)C(C)(C)C)nn1.[HH]. The highest BCUT2D eigenvalue weighted by atomic mass is 16.2. The maximum Gasteiger partial charge on any atom is 0.230 e. The molecular weight excluding hydrogens is 214 g/mol. The van der Waals surface area contributed by atoms with Crippen LogP contribution in [0.2, 0.25) is 0 Å². The zero-order valence-corrected chi connectivity index (χ0v) is 11.9. The summed E-state index contributed by atoms with van der Waals surface area (Å²) in [5.74, 6) is 0.490. The summed E-state index contributed by atoms with van der Waals surface area (Å²) < 4.78 is 0. The lowest BCUT2D eigenvalue weighted by Crippen LogP contribution is -2.28. The van der Waals surface area contributed by atoms with Crippen LogP contribution in [-0.4, -0.2) is 16.1 Å². The van der Waals surface area contributed by atoms with Crippen LogP contribution in [0.1, 0.15) is 47.3 Å². The summed E-state index contributed by atoms with van der Waals surface area (Å²) in [6.07, 6.45) is 0. The molecule has 4 heteroatoms. The lowest BCUT2D eigenvalue weighted by molar-refractivity contribution is -0.123. The second-order valence-electron chi connectivity index (χ2n) is 4.72. The van der Waals surface area contributed by atoms with Gasteiger partial charge in [-0.2, -0.15) is 5.10 Å². The summed E-state index contributed by atoms with van der Waals surface area (Å²) in [5, 5.41) is 10.6. The van der Waals surface area contributed by atoms with Crippen molar-refractivity contribution >= 4 is 11.7 Å². The minimum absolute atomic E-state index is 0. The standard InChI is InChI=1S/C11H17N3O.C2H6.H2/c1-7-6-8(2)13-14-9(7)12-10(15)11(3,4)5;1-2;/h6H,1-5H3,(H,12,14,15);1-2H3;1H. The number of carbonyl (C=O) groups is 1. The third-order valence-electron chi connectivity index (χ3n) is 2.02. The Labute approximate surface area is 105 Å². The van der Waals surface area contributed by atoms with E-state index in [-0.39, 0.29) is 7.33 Å². The molecule has 98 valence electrons. The maximum atomic E-state index is 11.7. The first-order valence-electron chi connectivity index (χ1n) is 5.93. The fraction of sp³-hybridized carbons (Fsp3) is 0.615. The van der Waals surface area contributed by atoms with Gasteiger partial charge in [-0.25, -0.2) is 0 Å². The average Bonchev–Trinajstić information content (AvgIpc) is 2.23. The van der Waals surface area contributed by atoms with Gasteiger partial charge in [0, 0.05) is 6.84 Å². The monoisotopic (exact) mass is 239 g/mol. The summed E-state index contributed by atoms with van der Waals surface area (Å²) in [4.78, 5) is 11.7. The lowest BCUT2D eigenvalue weighted by Gasteiger charge is -2.17. The van der Waals surface area contributed by atoms with Gasteiger partial charge in [0.25, 0.3) is 0 Å². The third-order valence-corrected chi connectivity index (χ3v) is 2.02. The molecular formula is C13H25N3O. The minimum Gasteiger partial charge on any atom is -0.309 e. The number of hydrogen-bond donors (Lipinski definition) is 1. The fourth-order valence-electron chi connectivity index (χ4n) is 1.04. The highest BCUT2D eigenvalue weighted by Crippen LogP contribution is 2.17. The zero-order chi connectivity index (χ0) is 13.6. The lowest BCUT2D eigenvalue weighted by atomic mass is 9.96. The minimum atomic E-state index is -0.418. The molecule has 0 atom stereocenters. The van der Waals surface area contributed by atoms with Crippen LogP contribution in [0, 0.1) is 19.3 Å². The first-order chi connectivity index (χ1) is 7.80. The highest BCUT2D eigenvalue weighted by molar-refractivity contribution is 5.94. The number of aryl methyl sites for hydroxylation is 2. The third kappa shape index (κ3) is 4.93. The molecule has 1 aromatic heterocycles. The van der Waals surface area contributed by atoms with Crippen LogP contribution in [0.5, 0.6) is 0 Å². The second-order valence-corrected chi connectivity index (χ2v) is 4.72. The molecule has 1 amide bonds. The number of hydrogen-bond acceptors (Lipinski definition) is 3. The molecule has 0 unspecified atom stereocenters. The van der Waals surface area contributed by atoms with E-state index in [1.807, 2.05) is 54.5 Å². The molecule has 0 fully saturated rings. The van der Waals surface area contributed by atoms with Crippen LogP contribution in [0.4, 0.5) is 5.82 Å². The Morgan fingerprint density at radius 1 is 1.24 bits per heavy atom. The van der Waals surface area contributed by atoms with Gasteiger partial charge in [0.2, 0.25) is 5.91 Å². The molecule has 0 radical (unpaired) electrons. The number of nitrogens with zero attached hydrogens (tertiary/aromatic N) is 2. The number of amides is 1. The largest absolute Gasteiger partial charge is 0.309 e. The molecule has 4 nitrogen and oxygen atoms in total. The van der Waals surface area contributed by atoms with Crippen LogP contribution in [0.25, 0.3) is 0 Å². The van der Waals surface area contributed by atoms with E-state index >= 15 is 0 Å². The average molecular weight is 239 g/mol. The van der Waals surface area contributed by atoms with Gasteiger partial charge in [0.15, 0.2) is 5.82 Å². The van der Waals surface area contributed by atoms with E-state index in [0.29, 0.717) is 5.82 Å². The molecule has 1 N–H and O–H groups in total. The Morgan fingerprint density at radius 2 is 1.76 bits per heavy atom. The van der Waals surface area contributed by atoms with Gasteiger partial charge in [-0.3, -0.25) is 4.79 Å². The Kier molecular flexibility index (Phi) is 5.79. The number of nitrogens with one attached hydrogen (secondary N) is 1. The van der Waals surface area contributed by atoms with Crippen LogP contribution in [0.3, 0.4) is 0 Å². The van der Waals surface area contributed by atoms with Crippen LogP contribution in [-0.2, 0) is 4.79 Å². The highest BCUT2D eigenvalue weighted by Gasteiger charge is 2.22. The van der Waals surface area contributed by atoms with Gasteiger partial charge in [-0.05, 0) is 25.5 Å². The van der Waals surface area contributed by atoms with E-state index in [2.05, 4.69) is 15.5 Å². The van der Waals surface area contributed by atoms with Crippen molar-refractivity contribution in [1.29, 1.82) is 0 Å². The summed E-state index contributed by atoms with van der Waals surface area (Å²) in [5.41, 5.74) is 1.36. The summed E-state index contributed by atoms with van der Waals surface area (Å²) in [6.45, 7) is 13.4. The first kappa shape index (κ1) is 15.6. The van der Waals surface area contributed by atoms with Crippen molar-refractivity contribution in [2.75, 3.05) is 5.32 Å². The Hall–Kier alpha value is -1.45. The van der Waals surface area contributed by atoms with Gasteiger partial charge in [0.05, 0.1) is 5.69 Å². The molecule has 0 aliphatic carbocycles. The van der Waals surface area contributed by atoms with Crippen molar-refractivity contribution in [2.24, 2.45) is 5.41 Å². The molecule has 1 rings (SSSR count). The molecule has 0 aliphatic heterocycles. The number of carbonyl (C=O) groups excluding carboxylic acids is 1. The van der Waals surface area contributed by atoms with Crippen molar-refractivity contribution in [2.45, 2.75) is 48.5 Å². The van der Waals surface area contributed by atoms with E-state index in [1.54, 1.807) is 0 Å². The number of aromatic nitrogens is 2. The Morgan fingerprint density at radius 3 is 2.18 bits per heavy atom. The smallest absolute Gasteiger partial charge is 0.230 e. The summed E-state index contributed by atoms with van der Waals surface area (Å²) in [6, 6.07) is 1.89. The predicted molar refractivity (Wildman–Crippen MR) is 73.1 cm³/mol. The van der Waals surface area contributed by atoms with Gasteiger partial charge in [-0.15, -0.1) is 5.10 Å². The van der Waals surface area contributed by atoms with Gasteiger partial charge in [0.1, 0.15) is 0 Å². The Balaban J connectivity index is 0. The van der Waals surface area contributed by atoms with Crippen LogP contribution in [0.15, 0.2) is 6.07 Å². The van der Waals surface area contributed by atoms with Gasteiger partial charge >= 0.3 is 0 Å². The van der Waals surface area contributed by atoms with Crippen molar-refractivity contribution in [1.82, 2.24) is 10.2 Å². The quantitative estimate of drug-likeness (QED) is 0.817. The molecule has 0 aromatic carbocycles. The maximum absolute atomic E-state index is 11.7. The molecule has 0 aliphatic rings. The Bertz CT molecular complexity index is 386. The van der Waals surface area contributed by atoms with Crippen molar-refractivity contribution in [3.8, 4) is 0 Å². The van der Waals surface area contributed by atoms with E-state index in [0.717, 1.165) is 11.3 Å². The van der Waals surface area contributed by atoms with Gasteiger partial charge in [-0.1, -0.05) is 34.6 Å². The van der Waals surface area contributed by atoms with Crippen molar-refractivity contribution < 1.29 is 6.22 Å². The first-order valence-corrected chi connectivity index (χ1v) is 5.93. The molecule has 1 aromatic rings. The normalized spacial score (nSPS) is 10.3. The van der Waals surface area contributed by atoms with E-state index in [1.165, 1.54) is 0 Å². The molecule has 1 heterocycles. The summed E-state index contributed by atoms with van der Waals surface area (Å²) >= 11 is 0. The molecule has 0 bridgehead atoms. The van der Waals surface area contributed by atoms with E-state index in [4.69, 9.17) is 0 Å². The fourth-order valence-corrected chi connectivity index (χ4v) is 1.04. The van der Waals surface area contributed by atoms with E-state index < -0.39 is 5.41 Å². The van der Waals surface area contributed by atoms with Crippen LogP contribution < -0.4 is 5.32 Å². The zero-order valence-electron chi connectivity index (χ0n) is 11.9. The number of rotatable bonds is 1. The second kappa shape index (κ2) is 6.33.